The third-order valence-electron chi connectivity index (χ3n) is 2.97. The minimum absolute atomic E-state index is 0.0324. The van der Waals surface area contributed by atoms with Gasteiger partial charge in [-0.1, -0.05) is 6.07 Å². The number of carbonyl (C=O) groups is 1. The summed E-state index contributed by atoms with van der Waals surface area (Å²) in [5.74, 6) is -0.246. The highest BCUT2D eigenvalue weighted by Gasteiger charge is 2.16. The Morgan fingerprint density at radius 3 is 2.86 bits per heavy atom. The zero-order chi connectivity index (χ0) is 15.4. The molecule has 5 nitrogen and oxygen atoms in total. The van der Waals surface area contributed by atoms with E-state index in [1.54, 1.807) is 0 Å². The quantitative estimate of drug-likeness (QED) is 0.782. The molecule has 0 fully saturated rings. The molecule has 2 rings (SSSR count). The summed E-state index contributed by atoms with van der Waals surface area (Å²) in [6.07, 6.45) is -0.938. The zero-order valence-corrected chi connectivity index (χ0v) is 12.8. The fourth-order valence-electron chi connectivity index (χ4n) is 1.87. The SMILES string of the molecule is Cc1cccc(-c2cc(C)c(C(=O)NCC(O)CO)s2)n1. The lowest BCUT2D eigenvalue weighted by Gasteiger charge is -2.08. The topological polar surface area (TPSA) is 82.5 Å². The molecule has 112 valence electrons. The molecule has 0 radical (unpaired) electrons. The fraction of sp³-hybridized carbons (Fsp3) is 0.333. The minimum atomic E-state index is -0.938. The van der Waals surface area contributed by atoms with E-state index in [1.165, 1.54) is 11.3 Å². The van der Waals surface area contributed by atoms with Gasteiger partial charge in [0.15, 0.2) is 0 Å². The molecule has 1 unspecified atom stereocenters. The summed E-state index contributed by atoms with van der Waals surface area (Å²) in [7, 11) is 0. The fourth-order valence-corrected chi connectivity index (χ4v) is 2.93. The molecular formula is C15H18N2O3S. The summed E-state index contributed by atoms with van der Waals surface area (Å²) in [4.78, 5) is 18.1. The second-order valence-corrected chi connectivity index (χ2v) is 5.89. The van der Waals surface area contributed by atoms with Crippen LogP contribution in [0.5, 0.6) is 0 Å². The molecule has 0 spiro atoms. The maximum Gasteiger partial charge on any atom is 0.261 e. The molecule has 1 atom stereocenters. The van der Waals surface area contributed by atoms with Crippen molar-refractivity contribution in [3.05, 3.63) is 40.4 Å². The predicted molar refractivity (Wildman–Crippen MR) is 82.4 cm³/mol. The highest BCUT2D eigenvalue weighted by Crippen LogP contribution is 2.30. The van der Waals surface area contributed by atoms with Gasteiger partial charge in [0, 0.05) is 12.2 Å². The van der Waals surface area contributed by atoms with Crippen molar-refractivity contribution in [3.63, 3.8) is 0 Å². The highest BCUT2D eigenvalue weighted by molar-refractivity contribution is 7.17. The summed E-state index contributed by atoms with van der Waals surface area (Å²) in [6.45, 7) is 3.45. The lowest BCUT2D eigenvalue weighted by atomic mass is 10.2. The number of aromatic nitrogens is 1. The first-order chi connectivity index (χ1) is 10.0. The van der Waals surface area contributed by atoms with Gasteiger partial charge in [0.05, 0.1) is 28.2 Å². The monoisotopic (exact) mass is 306 g/mol. The van der Waals surface area contributed by atoms with Gasteiger partial charge in [-0.05, 0) is 37.6 Å². The number of aliphatic hydroxyl groups excluding tert-OH is 2. The van der Waals surface area contributed by atoms with Crippen LogP contribution < -0.4 is 5.32 Å². The average molecular weight is 306 g/mol. The number of aliphatic hydroxyl groups is 2. The number of hydrogen-bond acceptors (Lipinski definition) is 5. The average Bonchev–Trinajstić information content (AvgIpc) is 2.86. The Kier molecular flexibility index (Phi) is 5.06. The lowest BCUT2D eigenvalue weighted by molar-refractivity contribution is 0.0804. The van der Waals surface area contributed by atoms with Gasteiger partial charge in [-0.25, -0.2) is 0 Å². The summed E-state index contributed by atoms with van der Waals surface area (Å²) in [6, 6.07) is 7.71. The van der Waals surface area contributed by atoms with E-state index in [4.69, 9.17) is 5.11 Å². The summed E-state index contributed by atoms with van der Waals surface area (Å²) < 4.78 is 0. The standard InChI is InChI=1S/C15H18N2O3S/c1-9-6-13(12-5-3-4-10(2)17-12)21-14(9)15(20)16-7-11(19)8-18/h3-6,11,18-19H,7-8H2,1-2H3,(H,16,20). The van der Waals surface area contributed by atoms with Crippen molar-refractivity contribution < 1.29 is 15.0 Å². The van der Waals surface area contributed by atoms with E-state index in [0.29, 0.717) is 4.88 Å². The third-order valence-corrected chi connectivity index (χ3v) is 4.23. The molecule has 0 aliphatic heterocycles. The van der Waals surface area contributed by atoms with Crippen LogP contribution in [0.1, 0.15) is 20.9 Å². The Bertz CT molecular complexity index is 640. The van der Waals surface area contributed by atoms with Gasteiger partial charge in [0.25, 0.3) is 5.91 Å². The molecule has 2 aromatic heterocycles. The van der Waals surface area contributed by atoms with Crippen molar-refractivity contribution in [2.45, 2.75) is 20.0 Å². The number of thiophene rings is 1. The number of pyridine rings is 1. The van der Waals surface area contributed by atoms with Gasteiger partial charge < -0.3 is 15.5 Å². The molecule has 2 heterocycles. The predicted octanol–water partition coefficient (Wildman–Crippen LogP) is 1.51. The van der Waals surface area contributed by atoms with Crippen molar-refractivity contribution in [1.29, 1.82) is 0 Å². The van der Waals surface area contributed by atoms with Crippen LogP contribution in [-0.4, -0.2) is 40.4 Å². The van der Waals surface area contributed by atoms with Gasteiger partial charge in [0.1, 0.15) is 0 Å². The first-order valence-corrected chi connectivity index (χ1v) is 7.44. The Labute approximate surface area is 127 Å². The number of aryl methyl sites for hydroxylation is 2. The lowest BCUT2D eigenvalue weighted by Crippen LogP contribution is -2.33. The second-order valence-electron chi connectivity index (χ2n) is 4.83. The van der Waals surface area contributed by atoms with Gasteiger partial charge in [-0.3, -0.25) is 9.78 Å². The Morgan fingerprint density at radius 1 is 1.43 bits per heavy atom. The number of hydrogen-bond donors (Lipinski definition) is 3. The number of nitrogens with zero attached hydrogens (tertiary/aromatic N) is 1. The van der Waals surface area contributed by atoms with E-state index in [0.717, 1.165) is 21.8 Å². The summed E-state index contributed by atoms with van der Waals surface area (Å²) in [5.41, 5.74) is 2.64. The van der Waals surface area contributed by atoms with Gasteiger partial charge >= 0.3 is 0 Å². The van der Waals surface area contributed by atoms with Crippen molar-refractivity contribution in [2.24, 2.45) is 0 Å². The molecule has 2 aromatic rings. The Balaban J connectivity index is 2.17. The molecule has 6 heteroatoms. The van der Waals surface area contributed by atoms with Crippen molar-refractivity contribution >= 4 is 17.2 Å². The van der Waals surface area contributed by atoms with E-state index < -0.39 is 6.10 Å². The molecule has 0 aliphatic carbocycles. The summed E-state index contributed by atoms with van der Waals surface area (Å²) >= 11 is 1.37. The van der Waals surface area contributed by atoms with E-state index in [2.05, 4.69) is 10.3 Å². The van der Waals surface area contributed by atoms with Gasteiger partial charge in [0.2, 0.25) is 0 Å². The van der Waals surface area contributed by atoms with Crippen LogP contribution in [-0.2, 0) is 0 Å². The van der Waals surface area contributed by atoms with Crippen molar-refractivity contribution in [3.8, 4) is 10.6 Å². The molecule has 0 bridgehead atoms. The van der Waals surface area contributed by atoms with Crippen LogP contribution in [0.3, 0.4) is 0 Å². The molecule has 3 N–H and O–H groups in total. The molecule has 0 saturated carbocycles. The molecule has 0 saturated heterocycles. The first kappa shape index (κ1) is 15.6. The number of amides is 1. The Hall–Kier alpha value is -1.76. The van der Waals surface area contributed by atoms with Crippen LogP contribution in [0.2, 0.25) is 0 Å². The smallest absolute Gasteiger partial charge is 0.261 e. The second kappa shape index (κ2) is 6.80. The van der Waals surface area contributed by atoms with Gasteiger partial charge in [-0.2, -0.15) is 0 Å². The number of rotatable bonds is 5. The van der Waals surface area contributed by atoms with Gasteiger partial charge in [-0.15, -0.1) is 11.3 Å². The number of nitrogens with one attached hydrogen (secondary N) is 1. The minimum Gasteiger partial charge on any atom is -0.394 e. The maximum absolute atomic E-state index is 12.1. The van der Waals surface area contributed by atoms with Crippen LogP contribution in [0.15, 0.2) is 24.3 Å². The molecule has 0 aromatic carbocycles. The largest absolute Gasteiger partial charge is 0.394 e. The molecular weight excluding hydrogens is 288 g/mol. The van der Waals surface area contributed by atoms with Crippen LogP contribution in [0.4, 0.5) is 0 Å². The molecule has 0 aliphatic rings. The van der Waals surface area contributed by atoms with Crippen LogP contribution in [0.25, 0.3) is 10.6 Å². The third kappa shape index (κ3) is 3.87. The van der Waals surface area contributed by atoms with Crippen molar-refractivity contribution in [1.82, 2.24) is 10.3 Å². The molecule has 1 amide bonds. The summed E-state index contributed by atoms with van der Waals surface area (Å²) in [5, 5.41) is 20.6. The first-order valence-electron chi connectivity index (χ1n) is 6.63. The van der Waals surface area contributed by atoms with Crippen LogP contribution >= 0.6 is 11.3 Å². The number of carbonyl (C=O) groups excluding carboxylic acids is 1. The normalized spacial score (nSPS) is 12.2. The zero-order valence-electron chi connectivity index (χ0n) is 12.0. The van der Waals surface area contributed by atoms with E-state index in [9.17, 15) is 9.90 Å². The molecule has 21 heavy (non-hydrogen) atoms. The van der Waals surface area contributed by atoms with Crippen LogP contribution in [0, 0.1) is 13.8 Å². The Morgan fingerprint density at radius 2 is 2.19 bits per heavy atom. The van der Waals surface area contributed by atoms with E-state index in [1.807, 2.05) is 38.1 Å². The van der Waals surface area contributed by atoms with E-state index >= 15 is 0 Å². The van der Waals surface area contributed by atoms with Crippen molar-refractivity contribution in [2.75, 3.05) is 13.2 Å². The van der Waals surface area contributed by atoms with E-state index in [-0.39, 0.29) is 19.1 Å². The maximum atomic E-state index is 12.1. The highest BCUT2D eigenvalue weighted by atomic mass is 32.1.